The van der Waals surface area contributed by atoms with Gasteiger partial charge in [0.1, 0.15) is 0 Å². The number of hydrogen-bond acceptors (Lipinski definition) is 2. The lowest BCUT2D eigenvalue weighted by Gasteiger charge is -2.20. The van der Waals surface area contributed by atoms with Gasteiger partial charge in [-0.15, -0.1) is 0 Å². The molecule has 2 heteroatoms. The molecule has 106 valence electrons. The van der Waals surface area contributed by atoms with Crippen LogP contribution in [-0.2, 0) is 6.42 Å². The first-order chi connectivity index (χ1) is 9.51. The van der Waals surface area contributed by atoms with Gasteiger partial charge < -0.3 is 5.32 Å². The normalized spacial score (nSPS) is 12.4. The third-order valence-corrected chi connectivity index (χ3v) is 3.91. The maximum Gasteiger partial charge on any atom is 0.0379 e. The molecule has 0 aliphatic rings. The zero-order valence-electron chi connectivity index (χ0n) is 13.1. The van der Waals surface area contributed by atoms with Gasteiger partial charge in [0.2, 0.25) is 0 Å². The number of nitrogens with one attached hydrogen (secondary N) is 1. The Labute approximate surface area is 122 Å². The zero-order valence-corrected chi connectivity index (χ0v) is 13.1. The first kappa shape index (κ1) is 14.7. The van der Waals surface area contributed by atoms with Crippen LogP contribution in [0.5, 0.6) is 0 Å². The monoisotopic (exact) mass is 268 g/mol. The maximum atomic E-state index is 4.47. The van der Waals surface area contributed by atoms with Gasteiger partial charge in [-0.2, -0.15) is 0 Å². The first-order valence-electron chi connectivity index (χ1n) is 7.19. The minimum absolute atomic E-state index is 0.329. The second kappa shape index (κ2) is 6.19. The van der Waals surface area contributed by atoms with Crippen LogP contribution in [-0.4, -0.2) is 12.0 Å². The number of aromatic nitrogens is 1. The topological polar surface area (TPSA) is 24.9 Å². The van der Waals surface area contributed by atoms with E-state index in [2.05, 4.69) is 68.3 Å². The molecule has 0 saturated carbocycles. The van der Waals surface area contributed by atoms with E-state index in [4.69, 9.17) is 0 Å². The molecule has 2 aromatic rings. The Hall–Kier alpha value is -1.67. The van der Waals surface area contributed by atoms with Crippen LogP contribution >= 0.6 is 0 Å². The first-order valence-corrected chi connectivity index (χ1v) is 7.19. The van der Waals surface area contributed by atoms with Crippen molar-refractivity contribution in [3.05, 3.63) is 64.0 Å². The highest BCUT2D eigenvalue weighted by Crippen LogP contribution is 2.23. The fourth-order valence-corrected chi connectivity index (χ4v) is 2.83. The summed E-state index contributed by atoms with van der Waals surface area (Å²) in [7, 11) is 2.03. The van der Waals surface area contributed by atoms with Gasteiger partial charge in [0.15, 0.2) is 0 Å². The van der Waals surface area contributed by atoms with Crippen LogP contribution in [0.3, 0.4) is 0 Å². The lowest BCUT2D eigenvalue weighted by Crippen LogP contribution is -2.20. The fraction of sp³-hybridized carbons (Fsp3) is 0.389. The van der Waals surface area contributed by atoms with Crippen LogP contribution in [0.4, 0.5) is 0 Å². The van der Waals surface area contributed by atoms with Gasteiger partial charge in [-0.1, -0.05) is 18.2 Å². The van der Waals surface area contributed by atoms with Crippen molar-refractivity contribution in [1.82, 2.24) is 10.3 Å². The summed E-state index contributed by atoms with van der Waals surface area (Å²) in [6.45, 7) is 8.50. The van der Waals surface area contributed by atoms with Crippen molar-refractivity contribution >= 4 is 0 Å². The molecule has 1 atom stereocenters. The average Bonchev–Trinajstić information content (AvgIpc) is 2.37. The molecule has 1 N–H and O–H groups in total. The molecule has 0 spiro atoms. The van der Waals surface area contributed by atoms with Crippen LogP contribution in [0.1, 0.15) is 39.7 Å². The maximum absolute atomic E-state index is 4.47. The van der Waals surface area contributed by atoms with E-state index in [-0.39, 0.29) is 0 Å². The molecule has 1 heterocycles. The van der Waals surface area contributed by atoms with Crippen molar-refractivity contribution in [1.29, 1.82) is 0 Å². The van der Waals surface area contributed by atoms with Gasteiger partial charge in [-0.25, -0.2) is 0 Å². The summed E-state index contributed by atoms with van der Waals surface area (Å²) in [6.07, 6.45) is 1.01. The number of rotatable bonds is 4. The minimum atomic E-state index is 0.329. The molecule has 0 aliphatic heterocycles. The molecular formula is C18H24N2. The molecule has 0 bridgehead atoms. The highest BCUT2D eigenvalue weighted by Gasteiger charge is 2.14. The Kier molecular flexibility index (Phi) is 4.56. The van der Waals surface area contributed by atoms with E-state index in [0.717, 1.165) is 17.8 Å². The van der Waals surface area contributed by atoms with Crippen molar-refractivity contribution < 1.29 is 0 Å². The third kappa shape index (κ3) is 3.26. The van der Waals surface area contributed by atoms with Crippen LogP contribution in [0.25, 0.3) is 0 Å². The Balaban J connectivity index is 2.33. The second-order valence-corrected chi connectivity index (χ2v) is 5.60. The molecule has 2 nitrogen and oxygen atoms in total. The lowest BCUT2D eigenvalue weighted by molar-refractivity contribution is 0.587. The Morgan fingerprint density at radius 3 is 2.05 bits per heavy atom. The van der Waals surface area contributed by atoms with Gasteiger partial charge in [0, 0.05) is 17.4 Å². The molecular weight excluding hydrogens is 244 g/mol. The van der Waals surface area contributed by atoms with Crippen molar-refractivity contribution in [2.75, 3.05) is 7.05 Å². The Morgan fingerprint density at radius 2 is 1.55 bits per heavy atom. The molecule has 0 saturated heterocycles. The number of hydrogen-bond donors (Lipinski definition) is 1. The van der Waals surface area contributed by atoms with Crippen LogP contribution in [0.2, 0.25) is 0 Å². The third-order valence-electron chi connectivity index (χ3n) is 3.91. The van der Waals surface area contributed by atoms with Crippen molar-refractivity contribution in [2.45, 2.75) is 40.2 Å². The predicted octanol–water partition coefficient (Wildman–Crippen LogP) is 3.82. The average molecular weight is 268 g/mol. The van der Waals surface area contributed by atoms with Gasteiger partial charge in [0.25, 0.3) is 0 Å². The van der Waals surface area contributed by atoms with Crippen molar-refractivity contribution in [3.8, 4) is 0 Å². The summed E-state index contributed by atoms with van der Waals surface area (Å²) in [5.41, 5.74) is 7.67. The standard InChI is InChI=1S/C18H24N2/c1-12-7-6-8-13(2)17(12)11-18(19-5)16-9-14(3)20-15(4)10-16/h6-10,18-19H,11H2,1-5H3. The van der Waals surface area contributed by atoms with E-state index in [1.54, 1.807) is 0 Å². The Bertz CT molecular complexity index is 562. The van der Waals surface area contributed by atoms with Crippen LogP contribution < -0.4 is 5.32 Å². The molecule has 1 aromatic carbocycles. The fourth-order valence-electron chi connectivity index (χ4n) is 2.83. The highest BCUT2D eigenvalue weighted by atomic mass is 14.9. The molecule has 0 radical (unpaired) electrons. The van der Waals surface area contributed by atoms with Gasteiger partial charge >= 0.3 is 0 Å². The van der Waals surface area contributed by atoms with E-state index in [9.17, 15) is 0 Å². The summed E-state index contributed by atoms with van der Waals surface area (Å²) in [5, 5.41) is 3.45. The van der Waals surface area contributed by atoms with Gasteiger partial charge in [-0.3, -0.25) is 4.98 Å². The van der Waals surface area contributed by atoms with Gasteiger partial charge in [-0.05, 0) is 75.5 Å². The summed E-state index contributed by atoms with van der Waals surface area (Å²) < 4.78 is 0. The predicted molar refractivity (Wildman–Crippen MR) is 85.1 cm³/mol. The smallest absolute Gasteiger partial charge is 0.0379 e. The molecule has 20 heavy (non-hydrogen) atoms. The quantitative estimate of drug-likeness (QED) is 0.912. The van der Waals surface area contributed by atoms with Gasteiger partial charge in [0.05, 0.1) is 0 Å². The second-order valence-electron chi connectivity index (χ2n) is 5.60. The molecule has 1 aromatic heterocycles. The van der Waals surface area contributed by atoms with E-state index >= 15 is 0 Å². The number of benzene rings is 1. The highest BCUT2D eigenvalue weighted by molar-refractivity contribution is 5.36. The number of aryl methyl sites for hydroxylation is 4. The summed E-state index contributed by atoms with van der Waals surface area (Å²) in [5.74, 6) is 0. The van der Waals surface area contributed by atoms with E-state index < -0.39 is 0 Å². The number of pyridine rings is 1. The Morgan fingerprint density at radius 1 is 1.00 bits per heavy atom. The van der Waals surface area contributed by atoms with Crippen molar-refractivity contribution in [3.63, 3.8) is 0 Å². The lowest BCUT2D eigenvalue weighted by atomic mass is 9.93. The van der Waals surface area contributed by atoms with Crippen LogP contribution in [0, 0.1) is 27.7 Å². The minimum Gasteiger partial charge on any atom is -0.313 e. The summed E-state index contributed by atoms with van der Waals surface area (Å²) in [4.78, 5) is 4.47. The SMILES string of the molecule is CNC(Cc1c(C)cccc1C)c1cc(C)nc(C)c1. The molecule has 0 fully saturated rings. The summed E-state index contributed by atoms with van der Waals surface area (Å²) in [6, 6.07) is 11.2. The molecule has 0 aliphatic carbocycles. The number of likely N-dealkylation sites (N-methyl/N-ethyl adjacent to an activating group) is 1. The van der Waals surface area contributed by atoms with Crippen LogP contribution in [0.15, 0.2) is 30.3 Å². The molecule has 0 amide bonds. The van der Waals surface area contributed by atoms with E-state index in [1.165, 1.54) is 22.3 Å². The van der Waals surface area contributed by atoms with E-state index in [1.807, 2.05) is 7.05 Å². The zero-order chi connectivity index (χ0) is 14.7. The molecule has 2 rings (SSSR count). The molecule has 1 unspecified atom stereocenters. The van der Waals surface area contributed by atoms with E-state index in [0.29, 0.717) is 6.04 Å². The largest absolute Gasteiger partial charge is 0.313 e. The summed E-state index contributed by atoms with van der Waals surface area (Å²) >= 11 is 0. The number of nitrogens with zero attached hydrogens (tertiary/aromatic N) is 1. The van der Waals surface area contributed by atoms with Crippen molar-refractivity contribution in [2.24, 2.45) is 0 Å².